The Kier molecular flexibility index (Phi) is 2.68. The SMILES string of the molecule is C=C(C)C1(F)CN2CCCC2(CN=[N+]=[N-])C1. The first kappa shape index (κ1) is 11.4. The van der Waals surface area contributed by atoms with Crippen LogP contribution in [-0.4, -0.2) is 35.7 Å². The standard InChI is InChI=1S/C11H17FN4/c1-9(2)11(12)6-10(7-14-15-13)4-3-5-16(10)8-11/h1,3-8H2,2H3. The zero-order valence-electron chi connectivity index (χ0n) is 9.62. The Balaban J connectivity index is 2.23. The van der Waals surface area contributed by atoms with Crippen LogP contribution in [0, 0.1) is 0 Å². The van der Waals surface area contributed by atoms with Gasteiger partial charge in [-0.1, -0.05) is 11.7 Å². The summed E-state index contributed by atoms with van der Waals surface area (Å²) in [7, 11) is 0. The second-order valence-electron chi connectivity index (χ2n) is 5.06. The summed E-state index contributed by atoms with van der Waals surface area (Å²) < 4.78 is 14.6. The van der Waals surface area contributed by atoms with Crippen molar-refractivity contribution in [3.8, 4) is 0 Å². The Hall–Kier alpha value is -1.06. The highest BCUT2D eigenvalue weighted by molar-refractivity contribution is 5.22. The minimum Gasteiger partial charge on any atom is -0.294 e. The van der Waals surface area contributed by atoms with E-state index in [1.165, 1.54) is 0 Å². The molecule has 2 rings (SSSR count). The van der Waals surface area contributed by atoms with Crippen LogP contribution in [0.4, 0.5) is 4.39 Å². The van der Waals surface area contributed by atoms with Crippen molar-refractivity contribution in [1.82, 2.24) is 4.90 Å². The van der Waals surface area contributed by atoms with Crippen LogP contribution in [0.15, 0.2) is 17.3 Å². The molecule has 88 valence electrons. The van der Waals surface area contributed by atoms with E-state index in [9.17, 15) is 4.39 Å². The van der Waals surface area contributed by atoms with E-state index in [1.54, 1.807) is 6.92 Å². The monoisotopic (exact) mass is 224 g/mol. The number of halogens is 1. The number of fused-ring (bicyclic) bond motifs is 1. The molecule has 0 radical (unpaired) electrons. The fourth-order valence-electron chi connectivity index (χ4n) is 3.01. The van der Waals surface area contributed by atoms with Crippen molar-refractivity contribution in [2.45, 2.75) is 37.4 Å². The van der Waals surface area contributed by atoms with Crippen LogP contribution in [0.2, 0.25) is 0 Å². The molecule has 2 heterocycles. The van der Waals surface area contributed by atoms with Gasteiger partial charge in [0.05, 0.1) is 0 Å². The second kappa shape index (κ2) is 3.75. The number of hydrogen-bond acceptors (Lipinski definition) is 2. The average Bonchev–Trinajstić information content (AvgIpc) is 2.69. The van der Waals surface area contributed by atoms with Crippen LogP contribution in [0.3, 0.4) is 0 Å². The molecule has 0 aliphatic carbocycles. The van der Waals surface area contributed by atoms with Crippen LogP contribution >= 0.6 is 0 Å². The lowest BCUT2D eigenvalue weighted by molar-refractivity contribution is 0.199. The van der Waals surface area contributed by atoms with Crippen LogP contribution in [0.5, 0.6) is 0 Å². The van der Waals surface area contributed by atoms with E-state index in [0.717, 1.165) is 19.4 Å². The van der Waals surface area contributed by atoms with Gasteiger partial charge in [-0.15, -0.1) is 0 Å². The summed E-state index contributed by atoms with van der Waals surface area (Å²) in [6.07, 6.45) is 2.41. The quantitative estimate of drug-likeness (QED) is 0.315. The van der Waals surface area contributed by atoms with E-state index in [2.05, 4.69) is 21.5 Å². The first-order valence-electron chi connectivity index (χ1n) is 5.63. The smallest absolute Gasteiger partial charge is 0.145 e. The van der Waals surface area contributed by atoms with Gasteiger partial charge in [0, 0.05) is 30.0 Å². The molecule has 0 aromatic carbocycles. The minimum absolute atomic E-state index is 0.250. The van der Waals surface area contributed by atoms with Crippen LogP contribution in [-0.2, 0) is 0 Å². The van der Waals surface area contributed by atoms with E-state index in [1.807, 2.05) is 0 Å². The highest BCUT2D eigenvalue weighted by Crippen LogP contribution is 2.47. The maximum absolute atomic E-state index is 14.6. The maximum atomic E-state index is 14.6. The van der Waals surface area contributed by atoms with Gasteiger partial charge in [-0.2, -0.15) is 0 Å². The Morgan fingerprint density at radius 1 is 1.69 bits per heavy atom. The van der Waals surface area contributed by atoms with Crippen molar-refractivity contribution in [1.29, 1.82) is 0 Å². The van der Waals surface area contributed by atoms with Gasteiger partial charge in [0.25, 0.3) is 0 Å². The molecule has 16 heavy (non-hydrogen) atoms. The predicted octanol–water partition coefficient (Wildman–Crippen LogP) is 2.82. The average molecular weight is 224 g/mol. The zero-order chi connectivity index (χ0) is 11.8. The Morgan fingerprint density at radius 3 is 3.06 bits per heavy atom. The molecule has 2 unspecified atom stereocenters. The molecule has 2 fully saturated rings. The van der Waals surface area contributed by atoms with E-state index >= 15 is 0 Å². The summed E-state index contributed by atoms with van der Waals surface area (Å²) in [5, 5.41) is 3.65. The van der Waals surface area contributed by atoms with Gasteiger partial charge in [0.15, 0.2) is 0 Å². The van der Waals surface area contributed by atoms with Gasteiger partial charge in [-0.3, -0.25) is 4.90 Å². The topological polar surface area (TPSA) is 52.0 Å². The molecular weight excluding hydrogens is 207 g/mol. The van der Waals surface area contributed by atoms with Gasteiger partial charge in [-0.25, -0.2) is 4.39 Å². The molecule has 5 heteroatoms. The number of rotatable bonds is 3. The number of alkyl halides is 1. The third kappa shape index (κ3) is 1.60. The Morgan fingerprint density at radius 2 is 2.44 bits per heavy atom. The molecule has 2 aliphatic rings. The predicted molar refractivity (Wildman–Crippen MR) is 60.8 cm³/mol. The number of azide groups is 1. The van der Waals surface area contributed by atoms with E-state index in [0.29, 0.717) is 25.1 Å². The third-order valence-electron chi connectivity index (χ3n) is 3.98. The van der Waals surface area contributed by atoms with E-state index < -0.39 is 5.67 Å². The third-order valence-corrected chi connectivity index (χ3v) is 3.98. The van der Waals surface area contributed by atoms with Crippen molar-refractivity contribution in [2.24, 2.45) is 5.11 Å². The van der Waals surface area contributed by atoms with Crippen molar-refractivity contribution in [3.05, 3.63) is 22.6 Å². The van der Waals surface area contributed by atoms with Crippen LogP contribution < -0.4 is 0 Å². The zero-order valence-corrected chi connectivity index (χ0v) is 9.62. The minimum atomic E-state index is -1.30. The van der Waals surface area contributed by atoms with E-state index in [4.69, 9.17) is 5.53 Å². The summed E-state index contributed by atoms with van der Waals surface area (Å²) in [6.45, 7) is 7.17. The number of hydrogen-bond donors (Lipinski definition) is 0. The molecule has 0 N–H and O–H groups in total. The van der Waals surface area contributed by atoms with Crippen molar-refractivity contribution in [2.75, 3.05) is 19.6 Å². The highest BCUT2D eigenvalue weighted by Gasteiger charge is 2.55. The molecule has 0 bridgehead atoms. The fraction of sp³-hybridized carbons (Fsp3) is 0.818. The maximum Gasteiger partial charge on any atom is 0.145 e. The summed E-state index contributed by atoms with van der Waals surface area (Å²) in [6, 6.07) is 0. The van der Waals surface area contributed by atoms with Gasteiger partial charge in [0.2, 0.25) is 0 Å². The van der Waals surface area contributed by atoms with Crippen molar-refractivity contribution < 1.29 is 4.39 Å². The molecule has 4 nitrogen and oxygen atoms in total. The lowest BCUT2D eigenvalue weighted by Gasteiger charge is -2.29. The second-order valence-corrected chi connectivity index (χ2v) is 5.06. The van der Waals surface area contributed by atoms with Crippen molar-refractivity contribution >= 4 is 0 Å². The van der Waals surface area contributed by atoms with Gasteiger partial charge in [0.1, 0.15) is 5.67 Å². The Bertz CT molecular complexity index is 363. The lowest BCUT2D eigenvalue weighted by Crippen LogP contribution is -2.40. The molecule has 0 spiro atoms. The Labute approximate surface area is 94.7 Å². The summed E-state index contributed by atoms with van der Waals surface area (Å²) in [5.74, 6) is 0. The van der Waals surface area contributed by atoms with Crippen LogP contribution in [0.1, 0.15) is 26.2 Å². The molecule has 0 aromatic rings. The normalized spacial score (nSPS) is 38.1. The van der Waals surface area contributed by atoms with E-state index in [-0.39, 0.29) is 5.54 Å². The van der Waals surface area contributed by atoms with Gasteiger partial charge < -0.3 is 0 Å². The number of nitrogens with zero attached hydrogens (tertiary/aromatic N) is 4. The first-order valence-corrected chi connectivity index (χ1v) is 5.63. The summed E-state index contributed by atoms with van der Waals surface area (Å²) >= 11 is 0. The fourth-order valence-corrected chi connectivity index (χ4v) is 3.01. The molecule has 2 aliphatic heterocycles. The summed E-state index contributed by atoms with van der Waals surface area (Å²) in [5.41, 5.74) is 7.45. The highest BCUT2D eigenvalue weighted by atomic mass is 19.1. The van der Waals surface area contributed by atoms with Gasteiger partial charge in [-0.05, 0) is 37.4 Å². The summed E-state index contributed by atoms with van der Waals surface area (Å²) in [4.78, 5) is 4.94. The lowest BCUT2D eigenvalue weighted by atomic mass is 9.85. The first-order chi connectivity index (χ1) is 7.52. The molecule has 0 aromatic heterocycles. The molecule has 0 saturated carbocycles. The molecule has 0 amide bonds. The van der Waals surface area contributed by atoms with Crippen molar-refractivity contribution in [3.63, 3.8) is 0 Å². The molecule has 2 saturated heterocycles. The van der Waals surface area contributed by atoms with Gasteiger partial charge >= 0.3 is 0 Å². The molecule has 2 atom stereocenters. The largest absolute Gasteiger partial charge is 0.294 e. The molecular formula is C11H17FN4. The van der Waals surface area contributed by atoms with Crippen LogP contribution in [0.25, 0.3) is 10.4 Å².